The van der Waals surface area contributed by atoms with Gasteiger partial charge in [-0.1, -0.05) is 164 Å². The third-order valence-electron chi connectivity index (χ3n) is 9.75. The fraction of sp³-hybridized carbons (Fsp3) is 0. The van der Waals surface area contributed by atoms with Crippen molar-refractivity contribution in [3.05, 3.63) is 200 Å². The maximum Gasteiger partial charge on any atom is 0.164 e. The molecule has 54 heavy (non-hydrogen) atoms. The van der Waals surface area contributed by atoms with Gasteiger partial charge in [0.1, 0.15) is 0 Å². The largest absolute Gasteiger partial charge is 0.208 e. The van der Waals surface area contributed by atoms with Crippen molar-refractivity contribution in [3.8, 4) is 67.5 Å². The standard InChI is InChI=1S/C51H33N3/c1-3-12-34(13-4-1)39-23-24-41-29-42(26-25-40(41)28-39)44-31-45(48-21-11-19-36-15-9-10-20-47(36)48)33-46(32-44)51-53-49(37-16-5-2-6-17-37)52-50(54-51)43-27-22-35-14-7-8-18-38(35)30-43/h1-33H/i9D,10D,11D,15D,19D,20D,21D. The minimum atomic E-state index is -0.505. The number of nitrogens with zero attached hydrogens (tertiary/aromatic N) is 3. The van der Waals surface area contributed by atoms with Crippen molar-refractivity contribution in [2.24, 2.45) is 0 Å². The number of hydrogen-bond donors (Lipinski definition) is 0. The molecular formula is C51H33N3. The zero-order chi connectivity index (χ0) is 41.9. The van der Waals surface area contributed by atoms with Crippen LogP contribution in [0.4, 0.5) is 0 Å². The normalized spacial score (nSPS) is 13.1. The van der Waals surface area contributed by atoms with Crippen LogP contribution in [-0.4, -0.2) is 15.0 Å². The lowest BCUT2D eigenvalue weighted by Gasteiger charge is -2.14. The average molecular weight is 695 g/mol. The first-order chi connectivity index (χ1) is 29.6. The quantitative estimate of drug-likeness (QED) is 0.174. The van der Waals surface area contributed by atoms with Crippen LogP contribution < -0.4 is 0 Å². The van der Waals surface area contributed by atoms with Crippen LogP contribution in [0.5, 0.6) is 0 Å². The topological polar surface area (TPSA) is 38.7 Å². The van der Waals surface area contributed by atoms with E-state index in [1.807, 2.05) is 103 Å². The van der Waals surface area contributed by atoms with Gasteiger partial charge >= 0.3 is 0 Å². The predicted molar refractivity (Wildman–Crippen MR) is 225 cm³/mol. The van der Waals surface area contributed by atoms with Crippen LogP contribution in [-0.2, 0) is 0 Å². The average Bonchev–Trinajstić information content (AvgIpc) is 3.31. The van der Waals surface area contributed by atoms with Crippen molar-refractivity contribution in [1.82, 2.24) is 15.0 Å². The van der Waals surface area contributed by atoms with Crippen molar-refractivity contribution < 1.29 is 9.60 Å². The SMILES string of the molecule is [2H]c1c([2H])c([2H])c2c(-c3cc(-c4ccc5cc(-c6ccccc6)ccc5c4)cc(-c4nc(-c5ccccc5)nc(-c5ccc6ccccc6c5)n4)c3)c([2H])c([2H])c([2H])c2c1[2H]. The Balaban J connectivity index is 1.24. The maximum atomic E-state index is 9.25. The van der Waals surface area contributed by atoms with Gasteiger partial charge < -0.3 is 0 Å². The molecular weight excluding hydrogens is 655 g/mol. The van der Waals surface area contributed by atoms with Gasteiger partial charge in [0.15, 0.2) is 17.5 Å². The second kappa shape index (κ2) is 13.4. The van der Waals surface area contributed by atoms with E-state index in [1.165, 1.54) is 0 Å². The molecule has 0 spiro atoms. The van der Waals surface area contributed by atoms with Gasteiger partial charge in [0.05, 0.1) is 9.60 Å². The molecule has 9 aromatic carbocycles. The summed E-state index contributed by atoms with van der Waals surface area (Å²) >= 11 is 0. The predicted octanol–water partition coefficient (Wildman–Crippen LogP) is 13.3. The van der Waals surface area contributed by atoms with Crippen molar-refractivity contribution in [3.63, 3.8) is 0 Å². The molecule has 252 valence electrons. The summed E-state index contributed by atoms with van der Waals surface area (Å²) in [5, 5.41) is 4.05. The Kier molecular flexibility index (Phi) is 6.17. The van der Waals surface area contributed by atoms with Gasteiger partial charge in [-0.25, -0.2) is 15.0 Å². The highest BCUT2D eigenvalue weighted by atomic mass is 15.0. The first kappa shape index (κ1) is 24.9. The van der Waals surface area contributed by atoms with Crippen molar-refractivity contribution in [1.29, 1.82) is 0 Å². The number of hydrogen-bond acceptors (Lipinski definition) is 3. The van der Waals surface area contributed by atoms with Gasteiger partial charge in [-0.15, -0.1) is 0 Å². The molecule has 0 atom stereocenters. The van der Waals surface area contributed by atoms with E-state index < -0.39 is 30.2 Å². The van der Waals surface area contributed by atoms with Crippen LogP contribution >= 0.6 is 0 Å². The van der Waals surface area contributed by atoms with E-state index in [0.717, 1.165) is 54.9 Å². The molecule has 10 rings (SSSR count). The molecule has 0 N–H and O–H groups in total. The van der Waals surface area contributed by atoms with Gasteiger partial charge in [-0.05, 0) is 102 Å². The summed E-state index contributed by atoms with van der Waals surface area (Å²) in [6, 6.07) is 49.2. The van der Waals surface area contributed by atoms with Gasteiger partial charge in [0.25, 0.3) is 0 Å². The van der Waals surface area contributed by atoms with Crippen LogP contribution in [0, 0.1) is 0 Å². The van der Waals surface area contributed by atoms with Crippen molar-refractivity contribution >= 4 is 32.3 Å². The number of fused-ring (bicyclic) bond motifs is 3. The fourth-order valence-electron chi connectivity index (χ4n) is 7.01. The molecule has 3 nitrogen and oxygen atoms in total. The molecule has 3 heteroatoms. The number of benzene rings is 9. The summed E-state index contributed by atoms with van der Waals surface area (Å²) in [5.74, 6) is 1.25. The molecule has 1 heterocycles. The monoisotopic (exact) mass is 694 g/mol. The molecule has 0 aliphatic rings. The van der Waals surface area contributed by atoms with Gasteiger partial charge in [0, 0.05) is 16.7 Å². The molecule has 0 radical (unpaired) electrons. The fourth-order valence-corrected chi connectivity index (χ4v) is 7.01. The molecule has 0 saturated heterocycles. The van der Waals surface area contributed by atoms with Crippen LogP contribution in [0.3, 0.4) is 0 Å². The molecule has 0 aliphatic heterocycles. The summed E-state index contributed by atoms with van der Waals surface area (Å²) in [7, 11) is 0. The second-order valence-corrected chi connectivity index (χ2v) is 13.2. The minimum absolute atomic E-state index is 0.00419. The molecule has 0 aliphatic carbocycles. The third kappa shape index (κ3) is 5.98. The Morgan fingerprint density at radius 1 is 0.296 bits per heavy atom. The second-order valence-electron chi connectivity index (χ2n) is 13.2. The number of aromatic nitrogens is 3. The maximum absolute atomic E-state index is 9.25. The molecule has 0 unspecified atom stereocenters. The lowest BCUT2D eigenvalue weighted by atomic mass is 9.92. The molecule has 10 aromatic rings. The smallest absolute Gasteiger partial charge is 0.164 e. The van der Waals surface area contributed by atoms with Crippen LogP contribution in [0.2, 0.25) is 0 Å². The summed E-state index contributed by atoms with van der Waals surface area (Å²) in [6.45, 7) is 0. The zero-order valence-electron chi connectivity index (χ0n) is 35.9. The zero-order valence-corrected chi connectivity index (χ0v) is 28.9. The van der Waals surface area contributed by atoms with Crippen molar-refractivity contribution in [2.75, 3.05) is 0 Å². The Labute approximate surface area is 323 Å². The van der Waals surface area contributed by atoms with E-state index in [1.54, 1.807) is 6.07 Å². The summed E-state index contributed by atoms with van der Waals surface area (Å²) in [6.07, 6.45) is 0. The molecule has 0 saturated carbocycles. The van der Waals surface area contributed by atoms with Gasteiger partial charge in [-0.3, -0.25) is 0 Å². The summed E-state index contributed by atoms with van der Waals surface area (Å²) in [5.41, 5.74) is 6.45. The molecule has 1 aromatic heterocycles. The Morgan fingerprint density at radius 2 is 0.796 bits per heavy atom. The lowest BCUT2D eigenvalue weighted by molar-refractivity contribution is 1.07. The van der Waals surface area contributed by atoms with Crippen LogP contribution in [0.1, 0.15) is 9.60 Å². The van der Waals surface area contributed by atoms with E-state index in [0.29, 0.717) is 28.6 Å². The third-order valence-corrected chi connectivity index (χ3v) is 9.75. The summed E-state index contributed by atoms with van der Waals surface area (Å²) in [4.78, 5) is 15.1. The highest BCUT2D eigenvalue weighted by Gasteiger charge is 2.16. The number of rotatable bonds is 6. The minimum Gasteiger partial charge on any atom is -0.208 e. The van der Waals surface area contributed by atoms with Gasteiger partial charge in [-0.2, -0.15) is 0 Å². The highest BCUT2D eigenvalue weighted by molar-refractivity contribution is 5.99. The van der Waals surface area contributed by atoms with E-state index in [2.05, 4.69) is 48.5 Å². The van der Waals surface area contributed by atoms with Crippen molar-refractivity contribution in [2.45, 2.75) is 0 Å². The van der Waals surface area contributed by atoms with E-state index >= 15 is 0 Å². The first-order valence-electron chi connectivity index (χ1n) is 21.2. The van der Waals surface area contributed by atoms with Crippen LogP contribution in [0.25, 0.3) is 99.9 Å². The lowest BCUT2D eigenvalue weighted by Crippen LogP contribution is -2.00. The molecule has 0 fully saturated rings. The van der Waals surface area contributed by atoms with E-state index in [-0.39, 0.29) is 28.4 Å². The van der Waals surface area contributed by atoms with E-state index in [4.69, 9.17) is 23.2 Å². The molecule has 0 amide bonds. The Bertz CT molecular complexity index is 3390. The van der Waals surface area contributed by atoms with Gasteiger partial charge in [0.2, 0.25) is 0 Å². The van der Waals surface area contributed by atoms with Crippen LogP contribution in [0.15, 0.2) is 200 Å². The summed E-state index contributed by atoms with van der Waals surface area (Å²) < 4.78 is 61.7. The Morgan fingerprint density at radius 3 is 1.56 bits per heavy atom. The molecule has 0 bridgehead atoms. The Hall–Kier alpha value is -7.23. The highest BCUT2D eigenvalue weighted by Crippen LogP contribution is 2.37. The van der Waals surface area contributed by atoms with E-state index in [9.17, 15) is 1.37 Å². The first-order valence-corrected chi connectivity index (χ1v) is 17.7.